The molecule has 0 aliphatic carbocycles. The highest BCUT2D eigenvalue weighted by Crippen LogP contribution is 2.23. The van der Waals surface area contributed by atoms with Gasteiger partial charge in [-0.05, 0) is 32.0 Å². The van der Waals surface area contributed by atoms with Gasteiger partial charge in [0.25, 0.3) is 5.91 Å². The lowest BCUT2D eigenvalue weighted by atomic mass is 10.1. The summed E-state index contributed by atoms with van der Waals surface area (Å²) in [7, 11) is 1.53. The minimum atomic E-state index is -1.02. The van der Waals surface area contributed by atoms with Gasteiger partial charge in [-0.1, -0.05) is 11.6 Å². The molecule has 6 heteroatoms. The fraction of sp³-hybridized carbons (Fsp3) is 0.333. The van der Waals surface area contributed by atoms with Crippen molar-refractivity contribution in [2.45, 2.75) is 19.4 Å². The largest absolute Gasteiger partial charge is 0.355 e. The molecule has 1 rings (SSSR count). The van der Waals surface area contributed by atoms with Gasteiger partial charge in [-0.15, -0.1) is 0 Å². The molecule has 0 aromatic heterocycles. The van der Waals surface area contributed by atoms with Crippen LogP contribution < -0.4 is 16.4 Å². The first-order valence-corrected chi connectivity index (χ1v) is 5.75. The molecule has 1 aromatic rings. The van der Waals surface area contributed by atoms with Crippen LogP contribution in [0.2, 0.25) is 5.02 Å². The molecule has 0 aliphatic rings. The van der Waals surface area contributed by atoms with Crippen LogP contribution in [-0.4, -0.2) is 24.4 Å². The lowest BCUT2D eigenvalue weighted by Crippen LogP contribution is -2.45. The second-order valence-electron chi connectivity index (χ2n) is 4.45. The van der Waals surface area contributed by atoms with Gasteiger partial charge in [0.05, 0.1) is 16.2 Å². The number of nitrogens with two attached hydrogens (primary N) is 1. The third-order valence-corrected chi connectivity index (χ3v) is 2.62. The Morgan fingerprint density at radius 1 is 1.33 bits per heavy atom. The smallest absolute Gasteiger partial charge is 0.251 e. The molecule has 98 valence electrons. The topological polar surface area (TPSA) is 84.2 Å². The molecule has 0 radical (unpaired) electrons. The third kappa shape index (κ3) is 3.45. The SMILES string of the molecule is CNC(=O)c1ccc(Cl)c(NC(=O)C(C)(C)N)c1. The number of nitrogens with one attached hydrogen (secondary N) is 2. The Labute approximate surface area is 111 Å². The second-order valence-corrected chi connectivity index (χ2v) is 4.86. The summed E-state index contributed by atoms with van der Waals surface area (Å²) in [6, 6.07) is 4.63. The number of carbonyl (C=O) groups is 2. The van der Waals surface area contributed by atoms with E-state index in [-0.39, 0.29) is 11.8 Å². The molecule has 0 fully saturated rings. The lowest BCUT2D eigenvalue weighted by molar-refractivity contribution is -0.120. The predicted molar refractivity (Wildman–Crippen MR) is 71.7 cm³/mol. The van der Waals surface area contributed by atoms with E-state index >= 15 is 0 Å². The number of anilines is 1. The van der Waals surface area contributed by atoms with Crippen LogP contribution in [0.1, 0.15) is 24.2 Å². The summed E-state index contributed by atoms with van der Waals surface area (Å²) in [6.07, 6.45) is 0. The van der Waals surface area contributed by atoms with Crippen molar-refractivity contribution in [3.05, 3.63) is 28.8 Å². The van der Waals surface area contributed by atoms with Crippen molar-refractivity contribution in [2.24, 2.45) is 5.73 Å². The Kier molecular flexibility index (Phi) is 4.32. The second kappa shape index (κ2) is 5.37. The number of carbonyl (C=O) groups excluding carboxylic acids is 2. The van der Waals surface area contributed by atoms with Crippen LogP contribution in [0.3, 0.4) is 0 Å². The van der Waals surface area contributed by atoms with Crippen molar-refractivity contribution in [3.8, 4) is 0 Å². The van der Waals surface area contributed by atoms with Crippen LogP contribution in [0.15, 0.2) is 18.2 Å². The fourth-order valence-electron chi connectivity index (χ4n) is 1.19. The number of hydrogen-bond donors (Lipinski definition) is 3. The van der Waals surface area contributed by atoms with E-state index in [9.17, 15) is 9.59 Å². The van der Waals surface area contributed by atoms with Crippen LogP contribution >= 0.6 is 11.6 Å². The van der Waals surface area contributed by atoms with Crippen molar-refractivity contribution >= 4 is 29.1 Å². The molecule has 0 unspecified atom stereocenters. The van der Waals surface area contributed by atoms with Crippen LogP contribution in [0.5, 0.6) is 0 Å². The summed E-state index contributed by atoms with van der Waals surface area (Å²) in [5.74, 6) is -0.632. The minimum absolute atomic E-state index is 0.255. The van der Waals surface area contributed by atoms with Gasteiger partial charge in [0.1, 0.15) is 0 Å². The molecular formula is C12H16ClN3O2. The zero-order valence-electron chi connectivity index (χ0n) is 10.5. The standard InChI is InChI=1S/C12H16ClN3O2/c1-12(2,14)11(18)16-9-6-7(10(17)15-3)4-5-8(9)13/h4-6H,14H2,1-3H3,(H,15,17)(H,16,18). The predicted octanol–water partition coefficient (Wildman–Crippen LogP) is 1.38. The van der Waals surface area contributed by atoms with Crippen LogP contribution in [-0.2, 0) is 4.79 Å². The van der Waals surface area contributed by atoms with Crippen LogP contribution in [0.4, 0.5) is 5.69 Å². The zero-order valence-corrected chi connectivity index (χ0v) is 11.3. The molecule has 18 heavy (non-hydrogen) atoms. The zero-order chi connectivity index (χ0) is 13.9. The van der Waals surface area contributed by atoms with E-state index in [1.807, 2.05) is 0 Å². The first kappa shape index (κ1) is 14.5. The highest BCUT2D eigenvalue weighted by atomic mass is 35.5. The van der Waals surface area contributed by atoms with E-state index in [0.29, 0.717) is 16.3 Å². The monoisotopic (exact) mass is 269 g/mol. The molecule has 0 bridgehead atoms. The van der Waals surface area contributed by atoms with Gasteiger partial charge in [-0.3, -0.25) is 9.59 Å². The number of rotatable bonds is 3. The molecule has 4 N–H and O–H groups in total. The summed E-state index contributed by atoms with van der Waals surface area (Å²) in [6.45, 7) is 3.16. The van der Waals surface area contributed by atoms with Gasteiger partial charge in [-0.2, -0.15) is 0 Å². The number of halogens is 1. The summed E-state index contributed by atoms with van der Waals surface area (Å²) in [4.78, 5) is 23.2. The van der Waals surface area contributed by atoms with Gasteiger partial charge in [0.2, 0.25) is 5.91 Å². The van der Waals surface area contributed by atoms with E-state index in [4.69, 9.17) is 17.3 Å². The Morgan fingerprint density at radius 3 is 2.44 bits per heavy atom. The van der Waals surface area contributed by atoms with E-state index < -0.39 is 5.54 Å². The normalized spacial score (nSPS) is 10.9. The minimum Gasteiger partial charge on any atom is -0.355 e. The maximum atomic E-state index is 11.7. The van der Waals surface area contributed by atoms with Crippen molar-refractivity contribution in [1.82, 2.24) is 5.32 Å². The van der Waals surface area contributed by atoms with E-state index in [2.05, 4.69) is 10.6 Å². The molecule has 0 aliphatic heterocycles. The molecule has 0 heterocycles. The molecule has 0 saturated heterocycles. The molecule has 0 atom stereocenters. The number of amides is 2. The van der Waals surface area contributed by atoms with Crippen LogP contribution in [0, 0.1) is 0 Å². The lowest BCUT2D eigenvalue weighted by Gasteiger charge is -2.18. The van der Waals surface area contributed by atoms with Crippen molar-refractivity contribution in [3.63, 3.8) is 0 Å². The van der Waals surface area contributed by atoms with Gasteiger partial charge in [0.15, 0.2) is 0 Å². The molecule has 0 saturated carbocycles. The van der Waals surface area contributed by atoms with Gasteiger partial charge in [0, 0.05) is 12.6 Å². The average Bonchev–Trinajstić information content (AvgIpc) is 2.29. The van der Waals surface area contributed by atoms with Crippen molar-refractivity contribution < 1.29 is 9.59 Å². The van der Waals surface area contributed by atoms with Gasteiger partial charge >= 0.3 is 0 Å². The van der Waals surface area contributed by atoms with Crippen LogP contribution in [0.25, 0.3) is 0 Å². The molecular weight excluding hydrogens is 254 g/mol. The first-order chi connectivity index (χ1) is 8.25. The average molecular weight is 270 g/mol. The molecule has 5 nitrogen and oxygen atoms in total. The highest BCUT2D eigenvalue weighted by molar-refractivity contribution is 6.34. The first-order valence-electron chi connectivity index (χ1n) is 5.37. The maximum Gasteiger partial charge on any atom is 0.251 e. The van der Waals surface area contributed by atoms with E-state index in [1.54, 1.807) is 26.0 Å². The Balaban J connectivity index is 3.02. The van der Waals surface area contributed by atoms with Gasteiger partial charge in [-0.25, -0.2) is 0 Å². The Hall–Kier alpha value is -1.59. The maximum absolute atomic E-state index is 11.7. The molecule has 0 spiro atoms. The fourth-order valence-corrected chi connectivity index (χ4v) is 1.35. The third-order valence-electron chi connectivity index (χ3n) is 2.29. The highest BCUT2D eigenvalue weighted by Gasteiger charge is 2.22. The van der Waals surface area contributed by atoms with Gasteiger partial charge < -0.3 is 16.4 Å². The Morgan fingerprint density at radius 2 is 1.94 bits per heavy atom. The van der Waals surface area contributed by atoms with Crippen molar-refractivity contribution in [1.29, 1.82) is 0 Å². The summed E-state index contributed by atoms with van der Waals surface area (Å²) in [5, 5.41) is 5.43. The van der Waals surface area contributed by atoms with E-state index in [0.717, 1.165) is 0 Å². The molecule has 1 aromatic carbocycles. The quantitative estimate of drug-likeness (QED) is 0.775. The molecule has 2 amide bonds. The van der Waals surface area contributed by atoms with Crippen molar-refractivity contribution in [2.75, 3.05) is 12.4 Å². The summed E-state index contributed by atoms with van der Waals surface area (Å²) in [5.41, 5.74) is 5.42. The number of hydrogen-bond acceptors (Lipinski definition) is 3. The Bertz CT molecular complexity index is 481. The summed E-state index contributed by atoms with van der Waals surface area (Å²) < 4.78 is 0. The number of benzene rings is 1. The van der Waals surface area contributed by atoms with E-state index in [1.165, 1.54) is 13.1 Å². The summed E-state index contributed by atoms with van der Waals surface area (Å²) >= 11 is 5.95.